The normalized spacial score (nSPS) is 10.4. The van der Waals surface area contributed by atoms with Gasteiger partial charge in [0.25, 0.3) is 0 Å². The Bertz CT molecular complexity index is 954. The molecule has 2 aromatic carbocycles. The van der Waals surface area contributed by atoms with Crippen LogP contribution in [0.15, 0.2) is 53.9 Å². The van der Waals surface area contributed by atoms with Gasteiger partial charge in [0.15, 0.2) is 0 Å². The van der Waals surface area contributed by atoms with Gasteiger partial charge in [0.2, 0.25) is 5.91 Å². The highest BCUT2D eigenvalue weighted by Crippen LogP contribution is 2.30. The standard InChI is InChI=1S/C20H17ClN2O3S/c1-2-26-20(25)13-7-9-14(10-8-13)22-18(24)11-15-12-27-19(23-15)16-5-3-4-6-17(16)21/h3-10,12H,2,11H2,1H3,(H,22,24). The summed E-state index contributed by atoms with van der Waals surface area (Å²) in [6, 6.07) is 14.0. The van der Waals surface area contributed by atoms with E-state index in [9.17, 15) is 9.59 Å². The molecule has 1 amide bonds. The molecule has 7 heteroatoms. The number of anilines is 1. The molecule has 0 spiro atoms. The second-order valence-corrected chi connectivity index (χ2v) is 6.91. The fourth-order valence-electron chi connectivity index (χ4n) is 2.42. The number of halogens is 1. The van der Waals surface area contributed by atoms with E-state index in [1.165, 1.54) is 11.3 Å². The van der Waals surface area contributed by atoms with Crippen LogP contribution >= 0.6 is 22.9 Å². The Labute approximate surface area is 166 Å². The van der Waals surface area contributed by atoms with E-state index in [1.54, 1.807) is 31.2 Å². The van der Waals surface area contributed by atoms with Crippen LogP contribution in [0.2, 0.25) is 5.02 Å². The molecule has 1 N–H and O–H groups in total. The monoisotopic (exact) mass is 400 g/mol. The topological polar surface area (TPSA) is 68.3 Å². The van der Waals surface area contributed by atoms with Gasteiger partial charge in [-0.15, -0.1) is 11.3 Å². The van der Waals surface area contributed by atoms with E-state index >= 15 is 0 Å². The lowest BCUT2D eigenvalue weighted by Gasteiger charge is -2.06. The molecule has 0 radical (unpaired) electrons. The number of hydrogen-bond acceptors (Lipinski definition) is 5. The van der Waals surface area contributed by atoms with Gasteiger partial charge in [-0.1, -0.05) is 29.8 Å². The zero-order chi connectivity index (χ0) is 19.2. The van der Waals surface area contributed by atoms with Gasteiger partial charge in [0.1, 0.15) is 5.01 Å². The minimum absolute atomic E-state index is 0.153. The molecule has 0 aliphatic carbocycles. The molecular weight excluding hydrogens is 384 g/mol. The third kappa shape index (κ3) is 4.93. The SMILES string of the molecule is CCOC(=O)c1ccc(NC(=O)Cc2csc(-c3ccccc3Cl)n2)cc1. The van der Waals surface area contributed by atoms with E-state index in [0.29, 0.717) is 28.6 Å². The minimum Gasteiger partial charge on any atom is -0.462 e. The number of hydrogen-bond donors (Lipinski definition) is 1. The summed E-state index contributed by atoms with van der Waals surface area (Å²) in [5.74, 6) is -0.570. The molecule has 138 valence electrons. The Morgan fingerprint density at radius 1 is 1.15 bits per heavy atom. The van der Waals surface area contributed by atoms with E-state index in [1.807, 2.05) is 29.6 Å². The Kier molecular flexibility index (Phi) is 6.21. The van der Waals surface area contributed by atoms with Crippen LogP contribution in [0.1, 0.15) is 23.0 Å². The number of benzene rings is 2. The van der Waals surface area contributed by atoms with Crippen LogP contribution in [0.4, 0.5) is 5.69 Å². The van der Waals surface area contributed by atoms with Crippen molar-refractivity contribution in [1.29, 1.82) is 0 Å². The van der Waals surface area contributed by atoms with Crippen LogP contribution < -0.4 is 5.32 Å². The average molecular weight is 401 g/mol. The van der Waals surface area contributed by atoms with Gasteiger partial charge in [0, 0.05) is 16.6 Å². The summed E-state index contributed by atoms with van der Waals surface area (Å²) in [7, 11) is 0. The molecule has 0 saturated carbocycles. The summed E-state index contributed by atoms with van der Waals surface area (Å²) in [6.45, 7) is 2.07. The van der Waals surface area contributed by atoms with Crippen LogP contribution in [-0.4, -0.2) is 23.5 Å². The van der Waals surface area contributed by atoms with Gasteiger partial charge in [0.05, 0.1) is 29.3 Å². The lowest BCUT2D eigenvalue weighted by atomic mass is 10.2. The molecule has 27 heavy (non-hydrogen) atoms. The molecule has 3 rings (SSSR count). The van der Waals surface area contributed by atoms with Gasteiger partial charge in [-0.25, -0.2) is 9.78 Å². The molecule has 0 aliphatic rings. The number of ether oxygens (including phenoxy) is 1. The fourth-order valence-corrected chi connectivity index (χ4v) is 3.56. The Morgan fingerprint density at radius 3 is 2.59 bits per heavy atom. The molecule has 0 bridgehead atoms. The van der Waals surface area contributed by atoms with Crippen molar-refractivity contribution < 1.29 is 14.3 Å². The minimum atomic E-state index is -0.384. The molecule has 0 atom stereocenters. The lowest BCUT2D eigenvalue weighted by Crippen LogP contribution is -2.14. The Hall–Kier alpha value is -2.70. The van der Waals surface area contributed by atoms with E-state index < -0.39 is 0 Å². The predicted octanol–water partition coefficient (Wildman–Crippen LogP) is 4.82. The number of amides is 1. The highest BCUT2D eigenvalue weighted by atomic mass is 35.5. The van der Waals surface area contributed by atoms with Gasteiger partial charge < -0.3 is 10.1 Å². The first-order valence-electron chi connectivity index (χ1n) is 8.33. The molecule has 5 nitrogen and oxygen atoms in total. The maximum atomic E-state index is 12.3. The number of nitrogens with zero attached hydrogens (tertiary/aromatic N) is 1. The second kappa shape index (κ2) is 8.79. The largest absolute Gasteiger partial charge is 0.462 e. The molecule has 1 aromatic heterocycles. The average Bonchev–Trinajstić information content (AvgIpc) is 3.11. The number of rotatable bonds is 6. The van der Waals surface area contributed by atoms with Crippen molar-refractivity contribution in [3.63, 3.8) is 0 Å². The number of nitrogens with one attached hydrogen (secondary N) is 1. The van der Waals surface area contributed by atoms with Crippen LogP contribution in [0.3, 0.4) is 0 Å². The van der Waals surface area contributed by atoms with E-state index in [2.05, 4.69) is 10.3 Å². The first kappa shape index (κ1) is 19.1. The highest BCUT2D eigenvalue weighted by Gasteiger charge is 2.12. The number of carbonyl (C=O) groups is 2. The molecule has 3 aromatic rings. The number of esters is 1. The summed E-state index contributed by atoms with van der Waals surface area (Å²) in [6.07, 6.45) is 0.153. The zero-order valence-corrected chi connectivity index (χ0v) is 16.1. The second-order valence-electron chi connectivity index (χ2n) is 5.65. The van der Waals surface area contributed by atoms with Crippen LogP contribution in [0, 0.1) is 0 Å². The van der Waals surface area contributed by atoms with Crippen LogP contribution in [-0.2, 0) is 16.0 Å². The van der Waals surface area contributed by atoms with Crippen molar-refractivity contribution in [3.05, 3.63) is 70.2 Å². The smallest absolute Gasteiger partial charge is 0.338 e. The number of aromatic nitrogens is 1. The van der Waals surface area contributed by atoms with E-state index in [4.69, 9.17) is 16.3 Å². The maximum absolute atomic E-state index is 12.3. The molecule has 0 saturated heterocycles. The van der Waals surface area contributed by atoms with Crippen LogP contribution in [0.25, 0.3) is 10.6 Å². The summed E-state index contributed by atoms with van der Waals surface area (Å²) < 4.78 is 4.93. The van der Waals surface area contributed by atoms with Crippen molar-refractivity contribution >= 4 is 40.5 Å². The Balaban J connectivity index is 1.61. The van der Waals surface area contributed by atoms with Crippen LogP contribution in [0.5, 0.6) is 0 Å². The van der Waals surface area contributed by atoms with Crippen molar-refractivity contribution in [2.75, 3.05) is 11.9 Å². The van der Waals surface area contributed by atoms with Gasteiger partial charge in [-0.3, -0.25) is 4.79 Å². The third-order valence-electron chi connectivity index (χ3n) is 3.68. The highest BCUT2D eigenvalue weighted by molar-refractivity contribution is 7.13. The van der Waals surface area contributed by atoms with Crippen molar-refractivity contribution in [2.24, 2.45) is 0 Å². The van der Waals surface area contributed by atoms with E-state index in [0.717, 1.165) is 10.6 Å². The van der Waals surface area contributed by atoms with Gasteiger partial charge in [-0.2, -0.15) is 0 Å². The van der Waals surface area contributed by atoms with Gasteiger partial charge in [-0.05, 0) is 37.3 Å². The van der Waals surface area contributed by atoms with Crippen molar-refractivity contribution in [2.45, 2.75) is 13.3 Å². The molecule has 0 aliphatic heterocycles. The third-order valence-corrected chi connectivity index (χ3v) is 4.93. The quantitative estimate of drug-likeness (QED) is 0.602. The summed E-state index contributed by atoms with van der Waals surface area (Å²) in [4.78, 5) is 28.4. The number of carbonyl (C=O) groups excluding carboxylic acids is 2. The van der Waals surface area contributed by atoms with Gasteiger partial charge >= 0.3 is 5.97 Å². The Morgan fingerprint density at radius 2 is 1.89 bits per heavy atom. The number of thiazole rings is 1. The molecule has 1 heterocycles. The fraction of sp³-hybridized carbons (Fsp3) is 0.150. The zero-order valence-electron chi connectivity index (χ0n) is 14.6. The molecule has 0 fully saturated rings. The lowest BCUT2D eigenvalue weighted by molar-refractivity contribution is -0.115. The van der Waals surface area contributed by atoms with Crippen molar-refractivity contribution in [1.82, 2.24) is 4.98 Å². The summed E-state index contributed by atoms with van der Waals surface area (Å²) >= 11 is 7.64. The van der Waals surface area contributed by atoms with E-state index in [-0.39, 0.29) is 18.3 Å². The summed E-state index contributed by atoms with van der Waals surface area (Å²) in [5.41, 5.74) is 2.58. The summed E-state index contributed by atoms with van der Waals surface area (Å²) in [5, 5.41) is 6.05. The first-order valence-corrected chi connectivity index (χ1v) is 9.59. The molecule has 0 unspecified atom stereocenters. The predicted molar refractivity (Wildman–Crippen MR) is 107 cm³/mol. The molecular formula is C20H17ClN2O3S. The maximum Gasteiger partial charge on any atom is 0.338 e. The first-order chi connectivity index (χ1) is 13.1. The van der Waals surface area contributed by atoms with Crippen molar-refractivity contribution in [3.8, 4) is 10.6 Å².